The molecule has 3 aromatic rings. The molecule has 0 spiro atoms. The number of nitrogens with zero attached hydrogens (tertiary/aromatic N) is 3. The van der Waals surface area contributed by atoms with Crippen LogP contribution in [0, 0.1) is 13.8 Å². The summed E-state index contributed by atoms with van der Waals surface area (Å²) in [4.78, 5) is 49.6. The van der Waals surface area contributed by atoms with Gasteiger partial charge in [-0.05, 0) is 76.2 Å². The zero-order chi connectivity index (χ0) is 30.0. The molecule has 220 valence electrons. The fourth-order valence-corrected chi connectivity index (χ4v) is 5.51. The Bertz CT molecular complexity index is 1600. The summed E-state index contributed by atoms with van der Waals surface area (Å²) in [6.07, 6.45) is 2.28. The van der Waals surface area contributed by atoms with Gasteiger partial charge in [-0.1, -0.05) is 17.7 Å². The second kappa shape index (κ2) is 12.2. The number of pyridine rings is 1. The van der Waals surface area contributed by atoms with E-state index in [1.807, 2.05) is 39.1 Å². The third-order valence-electron chi connectivity index (χ3n) is 7.62. The van der Waals surface area contributed by atoms with Crippen molar-refractivity contribution in [3.05, 3.63) is 86.8 Å². The smallest absolute Gasteiger partial charge is 0.261 e. The molecule has 2 aliphatic rings. The predicted octanol–water partition coefficient (Wildman–Crippen LogP) is 2.57. The first-order chi connectivity index (χ1) is 20.1. The summed E-state index contributed by atoms with van der Waals surface area (Å²) in [5.41, 5.74) is 9.35. The van der Waals surface area contributed by atoms with Gasteiger partial charge in [0.15, 0.2) is 0 Å². The van der Waals surface area contributed by atoms with Crippen molar-refractivity contribution in [3.63, 3.8) is 0 Å². The lowest BCUT2D eigenvalue weighted by Gasteiger charge is -2.34. The molecule has 11 nitrogen and oxygen atoms in total. The average Bonchev–Trinajstić information content (AvgIpc) is 3.20. The number of aliphatic imine (C=N–C) groups is 1. The molecule has 42 heavy (non-hydrogen) atoms. The van der Waals surface area contributed by atoms with Crippen LogP contribution in [0.1, 0.15) is 50.2 Å². The number of nitrogens with one attached hydrogen (secondary N) is 2. The van der Waals surface area contributed by atoms with Crippen LogP contribution in [0.4, 0.5) is 11.4 Å². The molecule has 11 heteroatoms. The second-order valence-electron chi connectivity index (χ2n) is 11.0. The van der Waals surface area contributed by atoms with Crippen LogP contribution in [-0.2, 0) is 0 Å². The molecular formula is C31H36N6O5. The number of aliphatic hydroxyl groups is 1. The van der Waals surface area contributed by atoms with E-state index in [1.54, 1.807) is 18.2 Å². The Morgan fingerprint density at radius 3 is 2.69 bits per heavy atom. The van der Waals surface area contributed by atoms with Gasteiger partial charge in [0.2, 0.25) is 0 Å². The lowest BCUT2D eigenvalue weighted by Crippen LogP contribution is -2.49. The number of aromatic amines is 1. The number of likely N-dealkylation sites (tertiary alicyclic amines) is 1. The number of nitrogens with two attached hydrogens (primary N) is 1. The first kappa shape index (κ1) is 29.0. The molecule has 2 amide bonds. The first-order valence-corrected chi connectivity index (χ1v) is 14.0. The molecule has 2 atom stereocenters. The number of imide groups is 1. The minimum absolute atomic E-state index is 0.0506. The molecule has 2 unspecified atom stereocenters. The number of ether oxygens (including phenoxy) is 1. The van der Waals surface area contributed by atoms with Crippen LogP contribution in [0.3, 0.4) is 0 Å². The molecule has 5 rings (SSSR count). The fourth-order valence-electron chi connectivity index (χ4n) is 5.51. The van der Waals surface area contributed by atoms with Crippen molar-refractivity contribution in [1.82, 2.24) is 14.8 Å². The standard InChI is InChI=1S/C31H36N6O5/c1-18-6-9-26(19(2)13-18)42-17-22(38)15-34-25-10-11-33-29(39)27(25)28(32)35-20-7-8-23-24(14-20)31(41)37(30(23)40)21-5-4-12-36(3)16-21/h6-11,13-14,21-22,38H,4-5,12,15-17H2,1-3H3,(H2,32,35)(H2,33,34,39). The number of amides is 2. The molecule has 1 saturated heterocycles. The fraction of sp³-hybridized carbons (Fsp3) is 0.355. The highest BCUT2D eigenvalue weighted by atomic mass is 16.5. The van der Waals surface area contributed by atoms with E-state index in [-0.39, 0.29) is 48.0 Å². The SMILES string of the molecule is Cc1ccc(OCC(O)CNc2cc[nH]c(=O)c2C(N)=Nc2ccc3c(c2)C(=O)N(C2CCCN(C)C2)C3=O)c(C)c1. The monoisotopic (exact) mass is 572 g/mol. The van der Waals surface area contributed by atoms with Crippen molar-refractivity contribution >= 4 is 29.0 Å². The van der Waals surface area contributed by atoms with E-state index in [0.717, 1.165) is 30.5 Å². The van der Waals surface area contributed by atoms with Gasteiger partial charge in [0, 0.05) is 19.3 Å². The number of carbonyl (C=O) groups is 2. The number of H-pyrrole nitrogens is 1. The Balaban J connectivity index is 1.30. The van der Waals surface area contributed by atoms with Gasteiger partial charge in [0.05, 0.1) is 28.5 Å². The molecule has 0 saturated carbocycles. The number of piperidine rings is 1. The number of hydrogen-bond donors (Lipinski definition) is 4. The van der Waals surface area contributed by atoms with E-state index >= 15 is 0 Å². The molecule has 0 aliphatic carbocycles. The van der Waals surface area contributed by atoms with Gasteiger partial charge in [-0.3, -0.25) is 19.3 Å². The third-order valence-corrected chi connectivity index (χ3v) is 7.62. The number of hydrogen-bond acceptors (Lipinski definition) is 8. The molecule has 3 heterocycles. The number of carbonyl (C=O) groups excluding carboxylic acids is 2. The Hall–Kier alpha value is -4.48. The van der Waals surface area contributed by atoms with Gasteiger partial charge in [-0.15, -0.1) is 0 Å². The van der Waals surface area contributed by atoms with E-state index in [9.17, 15) is 19.5 Å². The summed E-state index contributed by atoms with van der Waals surface area (Å²) in [5.74, 6) is -0.0350. The number of aromatic nitrogens is 1. The number of rotatable bonds is 9. The Morgan fingerprint density at radius 1 is 1.14 bits per heavy atom. The quantitative estimate of drug-likeness (QED) is 0.173. The number of amidine groups is 1. The van der Waals surface area contributed by atoms with E-state index < -0.39 is 11.7 Å². The largest absolute Gasteiger partial charge is 0.491 e. The summed E-state index contributed by atoms with van der Waals surface area (Å²) in [6, 6.07) is 12.0. The van der Waals surface area contributed by atoms with Crippen LogP contribution in [0.25, 0.3) is 0 Å². The highest BCUT2D eigenvalue weighted by Crippen LogP contribution is 2.31. The lowest BCUT2D eigenvalue weighted by molar-refractivity contribution is 0.0503. The maximum absolute atomic E-state index is 13.3. The molecular weight excluding hydrogens is 536 g/mol. The zero-order valence-corrected chi connectivity index (χ0v) is 24.0. The van der Waals surface area contributed by atoms with Crippen LogP contribution in [0.5, 0.6) is 5.75 Å². The number of aryl methyl sites for hydroxylation is 2. The molecule has 5 N–H and O–H groups in total. The minimum Gasteiger partial charge on any atom is -0.491 e. The van der Waals surface area contributed by atoms with Gasteiger partial charge in [-0.2, -0.15) is 0 Å². The molecule has 2 aromatic carbocycles. The normalized spacial score (nSPS) is 18.2. The van der Waals surface area contributed by atoms with Gasteiger partial charge in [0.1, 0.15) is 29.9 Å². The van der Waals surface area contributed by atoms with Gasteiger partial charge in [0.25, 0.3) is 17.4 Å². The molecule has 0 radical (unpaired) electrons. The van der Waals surface area contributed by atoms with Gasteiger partial charge >= 0.3 is 0 Å². The topological polar surface area (TPSA) is 153 Å². The number of anilines is 1. The van der Waals surface area contributed by atoms with Crippen LogP contribution < -0.4 is 21.3 Å². The second-order valence-corrected chi connectivity index (χ2v) is 11.0. The van der Waals surface area contributed by atoms with Crippen molar-refractivity contribution < 1.29 is 19.4 Å². The van der Waals surface area contributed by atoms with Gasteiger partial charge in [-0.25, -0.2) is 4.99 Å². The number of aliphatic hydroxyl groups excluding tert-OH is 1. The van der Waals surface area contributed by atoms with Crippen molar-refractivity contribution in [2.24, 2.45) is 10.7 Å². The minimum atomic E-state index is -0.872. The molecule has 1 fully saturated rings. The molecule has 2 aliphatic heterocycles. The van der Waals surface area contributed by atoms with Crippen LogP contribution >= 0.6 is 0 Å². The molecule has 0 bridgehead atoms. The number of benzene rings is 2. The first-order valence-electron chi connectivity index (χ1n) is 14.0. The summed E-state index contributed by atoms with van der Waals surface area (Å²) in [7, 11) is 1.98. The third kappa shape index (κ3) is 6.07. The van der Waals surface area contributed by atoms with Gasteiger partial charge < -0.3 is 30.8 Å². The highest BCUT2D eigenvalue weighted by Gasteiger charge is 2.41. The summed E-state index contributed by atoms with van der Waals surface area (Å²) >= 11 is 0. The lowest BCUT2D eigenvalue weighted by atomic mass is 10.0. The predicted molar refractivity (Wildman–Crippen MR) is 161 cm³/mol. The Labute approximate surface area is 244 Å². The molecule has 1 aromatic heterocycles. The average molecular weight is 573 g/mol. The van der Waals surface area contributed by atoms with Crippen LogP contribution in [0.2, 0.25) is 0 Å². The number of likely N-dealkylation sites (N-methyl/N-ethyl adjacent to an activating group) is 1. The maximum Gasteiger partial charge on any atom is 0.261 e. The van der Waals surface area contributed by atoms with E-state index in [0.29, 0.717) is 29.2 Å². The highest BCUT2D eigenvalue weighted by molar-refractivity contribution is 6.22. The van der Waals surface area contributed by atoms with Crippen LogP contribution in [-0.4, -0.2) is 83.0 Å². The van der Waals surface area contributed by atoms with E-state index in [1.165, 1.54) is 17.2 Å². The van der Waals surface area contributed by atoms with Crippen molar-refractivity contribution in [2.75, 3.05) is 38.6 Å². The van der Waals surface area contributed by atoms with Crippen molar-refractivity contribution in [1.29, 1.82) is 0 Å². The van der Waals surface area contributed by atoms with E-state index in [4.69, 9.17) is 10.5 Å². The summed E-state index contributed by atoms with van der Waals surface area (Å²) in [6.45, 7) is 5.66. The van der Waals surface area contributed by atoms with E-state index in [2.05, 4.69) is 20.2 Å². The Kier molecular flexibility index (Phi) is 8.41. The maximum atomic E-state index is 13.3. The van der Waals surface area contributed by atoms with Crippen LogP contribution in [0.15, 0.2) is 58.4 Å². The summed E-state index contributed by atoms with van der Waals surface area (Å²) < 4.78 is 5.76. The van der Waals surface area contributed by atoms with Crippen molar-refractivity contribution in [2.45, 2.75) is 38.8 Å². The summed E-state index contributed by atoms with van der Waals surface area (Å²) in [5, 5.41) is 13.6. The van der Waals surface area contributed by atoms with Crippen molar-refractivity contribution in [3.8, 4) is 5.75 Å². The number of fused-ring (bicyclic) bond motifs is 1. The Morgan fingerprint density at radius 2 is 1.93 bits per heavy atom. The zero-order valence-electron chi connectivity index (χ0n) is 24.0.